The molecular formula is C21H25N5O8. The Kier molecular flexibility index (Phi) is 8.26. The van der Waals surface area contributed by atoms with E-state index in [9.17, 15) is 29.1 Å². The molecule has 182 valence electrons. The summed E-state index contributed by atoms with van der Waals surface area (Å²) in [6, 6.07) is -1.95. The van der Waals surface area contributed by atoms with Gasteiger partial charge >= 0.3 is 29.9 Å². The number of aliphatic hydroxyl groups excluding tert-OH is 1. The highest BCUT2D eigenvalue weighted by Crippen LogP contribution is 2.39. The number of esters is 2. The van der Waals surface area contributed by atoms with Crippen molar-refractivity contribution in [3.63, 3.8) is 0 Å². The van der Waals surface area contributed by atoms with E-state index in [0.717, 1.165) is 22.0 Å². The summed E-state index contributed by atoms with van der Waals surface area (Å²) in [4.78, 5) is 71.5. The van der Waals surface area contributed by atoms with Crippen molar-refractivity contribution >= 4 is 35.6 Å². The maximum absolute atomic E-state index is 13.2. The number of ether oxygens (including phenoxy) is 2. The van der Waals surface area contributed by atoms with Crippen LogP contribution in [0.2, 0.25) is 0 Å². The molecule has 0 radical (unpaired) electrons. The van der Waals surface area contributed by atoms with Gasteiger partial charge < -0.3 is 14.6 Å². The van der Waals surface area contributed by atoms with Crippen molar-refractivity contribution in [3.8, 4) is 0 Å². The van der Waals surface area contributed by atoms with Crippen LogP contribution in [0.3, 0.4) is 0 Å². The van der Waals surface area contributed by atoms with Gasteiger partial charge in [-0.05, 0) is 20.3 Å². The molecule has 2 aliphatic rings. The van der Waals surface area contributed by atoms with Gasteiger partial charge in [0.2, 0.25) is 0 Å². The number of carbonyl (C=O) groups is 5. The summed E-state index contributed by atoms with van der Waals surface area (Å²) in [5.74, 6) is -2.63. The largest absolute Gasteiger partial charge is 0.459 e. The number of aliphatic hydroxyl groups is 1. The molecule has 2 aliphatic heterocycles. The van der Waals surface area contributed by atoms with Gasteiger partial charge in [0.15, 0.2) is 11.4 Å². The zero-order valence-electron chi connectivity index (χ0n) is 18.8. The van der Waals surface area contributed by atoms with Crippen LogP contribution in [0.4, 0.5) is 9.59 Å². The third kappa shape index (κ3) is 4.81. The average molecular weight is 475 g/mol. The Bertz CT molecular complexity index is 986. The topological polar surface area (TPSA) is 150 Å². The molecule has 3 unspecified atom stereocenters. The fourth-order valence-electron chi connectivity index (χ4n) is 3.86. The van der Waals surface area contributed by atoms with E-state index in [2.05, 4.69) is 23.1 Å². The van der Waals surface area contributed by atoms with Crippen molar-refractivity contribution in [3.05, 3.63) is 36.8 Å². The number of hydrogen-bond acceptors (Lipinski definition) is 8. The standard InChI is InChI=1S/C21H25N5O8/c1-6-15(28)33-13(3)11-21-17(18(30)26(22-5)20(32)24(21)9-8-10-27)23-19(31)25(21)12-14(4)34-16(29)7-2/h6-7,13-14,27H,1-2,8-12H2,3-4H3. The number of fused-ring (bicyclic) bond motifs is 1. The van der Waals surface area contributed by atoms with Gasteiger partial charge in [0, 0.05) is 31.7 Å². The Morgan fingerprint density at radius 1 is 1.15 bits per heavy atom. The zero-order chi connectivity index (χ0) is 25.6. The first-order valence-electron chi connectivity index (χ1n) is 10.3. The molecule has 0 aromatic carbocycles. The Labute approximate surface area is 195 Å². The Morgan fingerprint density at radius 3 is 2.26 bits per heavy atom. The number of hydrogen-bond donors (Lipinski definition) is 1. The first-order chi connectivity index (χ1) is 16.1. The van der Waals surface area contributed by atoms with E-state index in [0.29, 0.717) is 0 Å². The molecule has 0 bridgehead atoms. The molecule has 0 aromatic heterocycles. The van der Waals surface area contributed by atoms with Crippen molar-refractivity contribution < 1.29 is 38.6 Å². The van der Waals surface area contributed by atoms with Crippen LogP contribution in [-0.4, -0.2) is 93.1 Å². The molecule has 13 nitrogen and oxygen atoms in total. The van der Waals surface area contributed by atoms with Crippen LogP contribution in [0.5, 0.6) is 0 Å². The molecule has 5 amide bonds. The second-order valence-electron chi connectivity index (χ2n) is 7.51. The SMILES string of the molecule is [C-]#[N+]N1C(=O)C2=NC(=O)N(CC(C)OC(=O)C=C)C2(CC(C)OC(=O)C=C)N(CCCO)C1=O. The maximum atomic E-state index is 13.2. The molecule has 13 heteroatoms. The molecule has 0 aliphatic carbocycles. The van der Waals surface area contributed by atoms with Crippen LogP contribution in [0.15, 0.2) is 30.3 Å². The molecule has 0 spiro atoms. The van der Waals surface area contributed by atoms with Crippen molar-refractivity contribution in [2.45, 2.75) is 44.6 Å². The van der Waals surface area contributed by atoms with E-state index in [1.165, 1.54) is 13.8 Å². The van der Waals surface area contributed by atoms with E-state index in [1.54, 1.807) is 0 Å². The van der Waals surface area contributed by atoms with E-state index in [-0.39, 0.29) is 37.5 Å². The van der Waals surface area contributed by atoms with Crippen molar-refractivity contribution in [2.24, 2.45) is 4.99 Å². The molecule has 1 saturated heterocycles. The number of imide groups is 1. The fraction of sp³-hybridized carbons (Fsp3) is 0.476. The van der Waals surface area contributed by atoms with Gasteiger partial charge in [-0.15, -0.1) is 4.95 Å². The van der Waals surface area contributed by atoms with Crippen LogP contribution >= 0.6 is 0 Å². The summed E-state index contributed by atoms with van der Waals surface area (Å²) in [6.45, 7) is 16.1. The Morgan fingerprint density at radius 2 is 1.74 bits per heavy atom. The summed E-state index contributed by atoms with van der Waals surface area (Å²) < 4.78 is 10.4. The summed E-state index contributed by atoms with van der Waals surface area (Å²) in [7, 11) is 0. The fourth-order valence-corrected chi connectivity index (χ4v) is 3.86. The Hall–Kier alpha value is -4.05. The van der Waals surface area contributed by atoms with E-state index in [1.807, 2.05) is 0 Å². The predicted molar refractivity (Wildman–Crippen MR) is 116 cm³/mol. The molecule has 1 fully saturated rings. The van der Waals surface area contributed by atoms with Crippen LogP contribution < -0.4 is 0 Å². The molecule has 0 saturated carbocycles. The summed E-state index contributed by atoms with van der Waals surface area (Å²) in [6.07, 6.45) is -0.230. The first-order valence-corrected chi connectivity index (χ1v) is 10.3. The van der Waals surface area contributed by atoms with Gasteiger partial charge in [-0.1, -0.05) is 13.2 Å². The van der Waals surface area contributed by atoms with Crippen LogP contribution in [-0.2, 0) is 23.9 Å². The highest BCUT2D eigenvalue weighted by atomic mass is 16.5. The quantitative estimate of drug-likeness (QED) is 0.260. The summed E-state index contributed by atoms with van der Waals surface area (Å²) in [5, 5.41) is 9.61. The molecule has 2 rings (SSSR count). The van der Waals surface area contributed by atoms with Crippen molar-refractivity contribution in [1.29, 1.82) is 0 Å². The lowest BCUT2D eigenvalue weighted by atomic mass is 9.90. The molecule has 2 heterocycles. The molecular weight excluding hydrogens is 450 g/mol. The smallest absolute Gasteiger partial charge is 0.398 e. The summed E-state index contributed by atoms with van der Waals surface area (Å²) in [5.41, 5.74) is -2.29. The van der Waals surface area contributed by atoms with E-state index in [4.69, 9.17) is 16.0 Å². The monoisotopic (exact) mass is 475 g/mol. The number of urea groups is 2. The zero-order valence-corrected chi connectivity index (χ0v) is 18.8. The van der Waals surface area contributed by atoms with E-state index >= 15 is 0 Å². The van der Waals surface area contributed by atoms with Gasteiger partial charge in [-0.2, -0.15) is 11.6 Å². The van der Waals surface area contributed by atoms with Gasteiger partial charge in [-0.25, -0.2) is 19.2 Å². The maximum Gasteiger partial charge on any atom is 0.398 e. The van der Waals surface area contributed by atoms with Crippen LogP contribution in [0, 0.1) is 6.57 Å². The normalized spacial score (nSPS) is 21.3. The van der Waals surface area contributed by atoms with E-state index < -0.39 is 53.5 Å². The second kappa shape index (κ2) is 10.7. The number of nitrogens with zero attached hydrogens (tertiary/aromatic N) is 5. The van der Waals surface area contributed by atoms with Crippen molar-refractivity contribution in [2.75, 3.05) is 19.7 Å². The third-order valence-electron chi connectivity index (χ3n) is 5.14. The lowest BCUT2D eigenvalue weighted by Gasteiger charge is -2.49. The summed E-state index contributed by atoms with van der Waals surface area (Å²) >= 11 is 0. The minimum Gasteiger partial charge on any atom is -0.459 e. The van der Waals surface area contributed by atoms with Gasteiger partial charge in [0.1, 0.15) is 12.2 Å². The molecule has 1 N–H and O–H groups in total. The molecule has 34 heavy (non-hydrogen) atoms. The second-order valence-corrected chi connectivity index (χ2v) is 7.51. The first kappa shape index (κ1) is 26.2. The Balaban J connectivity index is 2.63. The number of carbonyl (C=O) groups excluding carboxylic acids is 5. The van der Waals surface area contributed by atoms with Crippen LogP contribution in [0.1, 0.15) is 26.7 Å². The molecule has 3 atom stereocenters. The minimum absolute atomic E-state index is 0.0463. The van der Waals surface area contributed by atoms with Gasteiger partial charge in [0.25, 0.3) is 0 Å². The lowest BCUT2D eigenvalue weighted by Crippen LogP contribution is -2.74. The lowest BCUT2D eigenvalue weighted by molar-refractivity contribution is -0.147. The third-order valence-corrected chi connectivity index (χ3v) is 5.14. The number of rotatable bonds is 11. The minimum atomic E-state index is -1.86. The van der Waals surface area contributed by atoms with Gasteiger partial charge in [0.05, 0.1) is 11.6 Å². The highest BCUT2D eigenvalue weighted by molar-refractivity contribution is 6.49. The molecule has 0 aromatic rings. The van der Waals surface area contributed by atoms with Crippen molar-refractivity contribution in [1.82, 2.24) is 14.8 Å². The van der Waals surface area contributed by atoms with Crippen LogP contribution in [0.25, 0.3) is 4.95 Å². The predicted octanol–water partition coefficient (Wildman–Crippen LogP) is 0.666. The van der Waals surface area contributed by atoms with Gasteiger partial charge in [-0.3, -0.25) is 14.6 Å². The number of aliphatic imine (C=N–C) groups is 1. The highest BCUT2D eigenvalue weighted by Gasteiger charge is 2.65. The average Bonchev–Trinajstić information content (AvgIpc) is 3.05. The number of amides is 5.